The third kappa shape index (κ3) is 8.16. The monoisotopic (exact) mass is 492 g/mol. The van der Waals surface area contributed by atoms with Crippen molar-refractivity contribution in [3.8, 4) is 34.5 Å². The fourth-order valence-electron chi connectivity index (χ4n) is 3.76. The Bertz CT molecular complexity index is 952. The summed E-state index contributed by atoms with van der Waals surface area (Å²) in [5.41, 5.74) is 1.31. The van der Waals surface area contributed by atoms with Gasteiger partial charge in [-0.15, -0.1) is 0 Å². The number of hydrogen-bond donors (Lipinski definition) is 4. The maximum Gasteiger partial charge on any atom is 0.302 e. The molecule has 0 aliphatic rings. The van der Waals surface area contributed by atoms with E-state index in [4.69, 9.17) is 18.9 Å². The van der Waals surface area contributed by atoms with E-state index in [1.54, 1.807) is 12.1 Å². The molecule has 4 N–H and O–H groups in total. The Morgan fingerprint density at radius 1 is 0.714 bits per heavy atom. The number of aromatic hydroxyl groups is 4. The van der Waals surface area contributed by atoms with E-state index in [1.165, 1.54) is 40.2 Å². The van der Waals surface area contributed by atoms with Crippen LogP contribution in [0.25, 0.3) is 0 Å². The van der Waals surface area contributed by atoms with Crippen molar-refractivity contribution in [1.82, 2.24) is 0 Å². The van der Waals surface area contributed by atoms with Gasteiger partial charge in [-0.3, -0.25) is 9.59 Å². The van der Waals surface area contributed by atoms with Crippen molar-refractivity contribution in [3.63, 3.8) is 0 Å². The van der Waals surface area contributed by atoms with E-state index in [9.17, 15) is 30.0 Å². The number of carbonyl (C=O) groups is 2. The molecular weight excluding hydrogens is 460 g/mol. The Balaban J connectivity index is 2.13. The lowest BCUT2D eigenvalue weighted by Crippen LogP contribution is -2.27. The minimum Gasteiger partial charge on any atom is -0.504 e. The van der Waals surface area contributed by atoms with Crippen molar-refractivity contribution in [2.24, 2.45) is 0 Å². The van der Waals surface area contributed by atoms with Crippen molar-refractivity contribution in [3.05, 3.63) is 35.4 Å². The molecule has 0 aliphatic carbocycles. The lowest BCUT2D eigenvalue weighted by atomic mass is 9.98. The maximum atomic E-state index is 11.7. The summed E-state index contributed by atoms with van der Waals surface area (Å²) >= 11 is 0. The molecule has 2 atom stereocenters. The molecule has 0 aromatic heterocycles. The Morgan fingerprint density at radius 3 is 1.40 bits per heavy atom. The van der Waals surface area contributed by atoms with Crippen LogP contribution in [-0.4, -0.2) is 58.8 Å². The average Bonchev–Trinajstić information content (AvgIpc) is 2.79. The predicted octanol–water partition coefficient (Wildman–Crippen LogP) is 3.35. The summed E-state index contributed by atoms with van der Waals surface area (Å²) in [4.78, 5) is 23.4. The van der Waals surface area contributed by atoms with Crippen LogP contribution in [0.3, 0.4) is 0 Å². The minimum atomic E-state index is -0.596. The molecule has 0 spiro atoms. The third-order valence-corrected chi connectivity index (χ3v) is 5.37. The molecule has 35 heavy (non-hydrogen) atoms. The van der Waals surface area contributed by atoms with Crippen molar-refractivity contribution < 1.29 is 49.0 Å². The second kappa shape index (κ2) is 12.6. The zero-order valence-electron chi connectivity index (χ0n) is 20.2. The van der Waals surface area contributed by atoms with E-state index >= 15 is 0 Å². The highest BCUT2D eigenvalue weighted by Gasteiger charge is 2.23. The first kappa shape index (κ1) is 27.4. The van der Waals surface area contributed by atoms with Crippen molar-refractivity contribution in [2.45, 2.75) is 58.2 Å². The third-order valence-electron chi connectivity index (χ3n) is 5.37. The van der Waals surface area contributed by atoms with Crippen LogP contribution in [0.5, 0.6) is 34.5 Å². The molecule has 2 rings (SSSR count). The first-order valence-electron chi connectivity index (χ1n) is 11.1. The molecule has 0 radical (unpaired) electrons. The van der Waals surface area contributed by atoms with Crippen LogP contribution < -0.4 is 9.47 Å². The lowest BCUT2D eigenvalue weighted by molar-refractivity contribution is -0.153. The van der Waals surface area contributed by atoms with Crippen LogP contribution in [0.2, 0.25) is 0 Å². The van der Waals surface area contributed by atoms with Gasteiger partial charge in [0.15, 0.2) is 23.0 Å². The molecule has 0 bridgehead atoms. The molecule has 0 aliphatic heterocycles. The number of benzene rings is 2. The smallest absolute Gasteiger partial charge is 0.302 e. The molecule has 0 amide bonds. The number of phenolic OH excluding ortho intramolecular Hbond substituents is 4. The molecule has 0 saturated heterocycles. The number of esters is 2. The predicted molar refractivity (Wildman–Crippen MR) is 125 cm³/mol. The quantitative estimate of drug-likeness (QED) is 0.256. The number of methoxy groups -OCH3 is 2. The van der Waals surface area contributed by atoms with E-state index in [2.05, 4.69) is 0 Å². The summed E-state index contributed by atoms with van der Waals surface area (Å²) in [5.74, 6) is -2.11. The average molecular weight is 493 g/mol. The Kier molecular flexibility index (Phi) is 9.86. The Labute approximate surface area is 203 Å². The first-order chi connectivity index (χ1) is 16.5. The summed E-state index contributed by atoms with van der Waals surface area (Å²) < 4.78 is 21.0. The normalized spacial score (nSPS) is 12.5. The van der Waals surface area contributed by atoms with E-state index in [-0.39, 0.29) is 40.9 Å². The maximum absolute atomic E-state index is 11.7. The van der Waals surface area contributed by atoms with Gasteiger partial charge >= 0.3 is 11.9 Å². The number of hydrogen-bond acceptors (Lipinski definition) is 10. The molecule has 192 valence electrons. The van der Waals surface area contributed by atoms with Crippen LogP contribution in [0.15, 0.2) is 24.3 Å². The van der Waals surface area contributed by atoms with Crippen LogP contribution in [-0.2, 0) is 31.9 Å². The zero-order valence-corrected chi connectivity index (χ0v) is 20.2. The SMILES string of the molecule is COc1cc(CCC(CC(CCc2cc(O)c(O)c(OC)c2)OC(C)=O)OC(C)=O)cc(O)c1O. The summed E-state index contributed by atoms with van der Waals surface area (Å²) in [6.45, 7) is 2.57. The van der Waals surface area contributed by atoms with E-state index in [1.807, 2.05) is 0 Å². The van der Waals surface area contributed by atoms with E-state index < -0.39 is 24.1 Å². The van der Waals surface area contributed by atoms with Crippen LogP contribution in [0, 0.1) is 0 Å². The summed E-state index contributed by atoms with van der Waals surface area (Å²) in [5, 5.41) is 39.4. The lowest BCUT2D eigenvalue weighted by Gasteiger charge is -2.24. The van der Waals surface area contributed by atoms with E-state index in [0.717, 1.165) is 0 Å². The summed E-state index contributed by atoms with van der Waals surface area (Å²) in [6.07, 6.45) is 0.525. The summed E-state index contributed by atoms with van der Waals surface area (Å²) in [6, 6.07) is 5.95. The molecule has 0 fully saturated rings. The fourth-order valence-corrected chi connectivity index (χ4v) is 3.76. The van der Waals surface area contributed by atoms with Gasteiger partial charge in [-0.05, 0) is 61.1 Å². The molecular formula is C25H32O10. The van der Waals surface area contributed by atoms with Crippen molar-refractivity contribution >= 4 is 11.9 Å². The topological polar surface area (TPSA) is 152 Å². The molecule has 0 saturated carbocycles. The van der Waals surface area contributed by atoms with Gasteiger partial charge < -0.3 is 39.4 Å². The van der Waals surface area contributed by atoms with Gasteiger partial charge in [0.25, 0.3) is 0 Å². The largest absolute Gasteiger partial charge is 0.504 e. The van der Waals surface area contributed by atoms with Crippen LogP contribution in [0.4, 0.5) is 0 Å². The molecule has 10 nitrogen and oxygen atoms in total. The molecule has 2 aromatic carbocycles. The number of phenols is 4. The highest BCUT2D eigenvalue weighted by molar-refractivity contribution is 5.66. The van der Waals surface area contributed by atoms with Gasteiger partial charge in [0, 0.05) is 20.3 Å². The highest BCUT2D eigenvalue weighted by Crippen LogP contribution is 2.38. The number of rotatable bonds is 12. The number of aryl methyl sites for hydroxylation is 2. The van der Waals surface area contributed by atoms with Gasteiger partial charge in [-0.2, -0.15) is 0 Å². The second-order valence-electron chi connectivity index (χ2n) is 8.11. The molecule has 2 unspecified atom stereocenters. The van der Waals surface area contributed by atoms with Gasteiger partial charge in [0.1, 0.15) is 12.2 Å². The van der Waals surface area contributed by atoms with Crippen molar-refractivity contribution in [2.75, 3.05) is 14.2 Å². The number of ether oxygens (including phenoxy) is 4. The Morgan fingerprint density at radius 2 is 1.09 bits per heavy atom. The zero-order chi connectivity index (χ0) is 26.1. The van der Waals surface area contributed by atoms with Crippen molar-refractivity contribution in [1.29, 1.82) is 0 Å². The highest BCUT2D eigenvalue weighted by atomic mass is 16.6. The molecule has 0 heterocycles. The Hall–Kier alpha value is -3.82. The second-order valence-corrected chi connectivity index (χ2v) is 8.11. The van der Waals surface area contributed by atoms with Gasteiger partial charge in [0.05, 0.1) is 14.2 Å². The van der Waals surface area contributed by atoms with Gasteiger partial charge in [-0.1, -0.05) is 0 Å². The number of carbonyl (C=O) groups excluding carboxylic acids is 2. The first-order valence-corrected chi connectivity index (χ1v) is 11.1. The van der Waals surface area contributed by atoms with Crippen LogP contribution >= 0.6 is 0 Å². The van der Waals surface area contributed by atoms with Gasteiger partial charge in [0.2, 0.25) is 11.5 Å². The molecule has 10 heteroatoms. The summed E-state index contributed by atoms with van der Waals surface area (Å²) in [7, 11) is 2.74. The fraction of sp³-hybridized carbons (Fsp3) is 0.440. The molecule has 2 aromatic rings. The van der Waals surface area contributed by atoms with Crippen LogP contribution in [0.1, 0.15) is 44.2 Å². The van der Waals surface area contributed by atoms with Gasteiger partial charge in [-0.25, -0.2) is 0 Å². The van der Waals surface area contributed by atoms with E-state index in [0.29, 0.717) is 36.8 Å². The minimum absolute atomic E-state index is 0.120. The standard InChI is InChI=1S/C25H32O10/c1-14(26)34-18(7-5-16-9-20(28)24(30)22(11-16)32-3)13-19(35-15(2)27)8-6-17-10-21(29)25(31)23(12-17)33-4/h9-12,18-19,28-31H,5-8,13H2,1-4H3.